The fraction of sp³-hybridized carbons (Fsp3) is 0.615. The summed E-state index contributed by atoms with van der Waals surface area (Å²) in [7, 11) is 0. The minimum Gasteiger partial charge on any atom is -0.337 e. The third-order valence-corrected chi connectivity index (χ3v) is 3.86. The van der Waals surface area contributed by atoms with Crippen molar-refractivity contribution in [2.45, 2.75) is 38.6 Å². The molecule has 22 heavy (non-hydrogen) atoms. The van der Waals surface area contributed by atoms with Crippen molar-refractivity contribution in [3.8, 4) is 0 Å². The molecule has 2 aromatic heterocycles. The Hall–Kier alpha value is -2.45. The zero-order valence-electron chi connectivity index (χ0n) is 12.6. The lowest BCUT2D eigenvalue weighted by Gasteiger charge is -2.31. The topological polar surface area (TPSA) is 113 Å². The number of aryl methyl sites for hydroxylation is 1. The molecule has 2 aromatic rings. The van der Waals surface area contributed by atoms with E-state index in [9.17, 15) is 4.79 Å². The van der Waals surface area contributed by atoms with E-state index in [1.54, 1.807) is 11.8 Å². The molecule has 0 bridgehead atoms. The first-order valence-electron chi connectivity index (χ1n) is 7.34. The summed E-state index contributed by atoms with van der Waals surface area (Å²) in [6.45, 7) is 4.95. The number of likely N-dealkylation sites (tertiary alicyclic amines) is 1. The van der Waals surface area contributed by atoms with Gasteiger partial charge >= 0.3 is 6.03 Å². The van der Waals surface area contributed by atoms with Crippen LogP contribution in [0.3, 0.4) is 0 Å². The zero-order valence-corrected chi connectivity index (χ0v) is 12.6. The Morgan fingerprint density at radius 3 is 2.86 bits per heavy atom. The molecule has 3 heterocycles. The predicted molar refractivity (Wildman–Crippen MR) is 75.9 cm³/mol. The van der Waals surface area contributed by atoms with Crippen LogP contribution in [0.2, 0.25) is 0 Å². The van der Waals surface area contributed by atoms with E-state index in [0.717, 1.165) is 18.7 Å². The van der Waals surface area contributed by atoms with E-state index in [1.807, 2.05) is 6.92 Å². The van der Waals surface area contributed by atoms with Crippen molar-refractivity contribution in [1.82, 2.24) is 35.5 Å². The molecule has 0 spiro atoms. The van der Waals surface area contributed by atoms with Crippen LogP contribution in [0.15, 0.2) is 10.9 Å². The fourth-order valence-corrected chi connectivity index (χ4v) is 2.59. The summed E-state index contributed by atoms with van der Waals surface area (Å²) in [5.41, 5.74) is 0. The van der Waals surface area contributed by atoms with Crippen molar-refractivity contribution in [2.75, 3.05) is 13.1 Å². The van der Waals surface area contributed by atoms with Crippen LogP contribution in [-0.4, -0.2) is 49.3 Å². The molecule has 1 atom stereocenters. The van der Waals surface area contributed by atoms with Crippen molar-refractivity contribution in [2.24, 2.45) is 0 Å². The molecule has 1 aliphatic heterocycles. The highest BCUT2D eigenvalue weighted by Gasteiger charge is 2.26. The summed E-state index contributed by atoms with van der Waals surface area (Å²) in [6, 6.07) is -0.417. The number of hydrogen-bond acceptors (Lipinski definition) is 6. The van der Waals surface area contributed by atoms with Gasteiger partial charge in [0.05, 0.1) is 0 Å². The largest absolute Gasteiger partial charge is 0.337 e. The third kappa shape index (κ3) is 3.07. The molecule has 0 aliphatic carbocycles. The standard InChI is InChI=1S/C13H19N7O2/c1-8(12-17-9(2)19-22-12)16-13(21)20-5-3-10(4-6-20)11-14-7-15-18-11/h7-8,10H,3-6H2,1-2H3,(H,16,21)(H,14,15,18). The quantitative estimate of drug-likeness (QED) is 0.879. The molecule has 3 rings (SSSR count). The molecule has 9 heteroatoms. The maximum atomic E-state index is 12.3. The second-order valence-corrected chi connectivity index (χ2v) is 5.48. The Labute approximate surface area is 127 Å². The molecular weight excluding hydrogens is 286 g/mol. The lowest BCUT2D eigenvalue weighted by molar-refractivity contribution is 0.175. The number of aromatic nitrogens is 5. The molecule has 2 N–H and O–H groups in total. The number of H-pyrrole nitrogens is 1. The van der Waals surface area contributed by atoms with Gasteiger partial charge < -0.3 is 14.7 Å². The SMILES string of the molecule is Cc1noc(C(C)NC(=O)N2CCC(c3ncn[nH]3)CC2)n1. The van der Waals surface area contributed by atoms with Gasteiger partial charge in [-0.15, -0.1) is 0 Å². The van der Waals surface area contributed by atoms with Gasteiger partial charge in [-0.25, -0.2) is 9.78 Å². The zero-order chi connectivity index (χ0) is 15.5. The summed E-state index contributed by atoms with van der Waals surface area (Å²) < 4.78 is 5.07. The lowest BCUT2D eigenvalue weighted by Crippen LogP contribution is -2.45. The molecule has 9 nitrogen and oxygen atoms in total. The Balaban J connectivity index is 1.51. The fourth-order valence-electron chi connectivity index (χ4n) is 2.59. The van der Waals surface area contributed by atoms with Crippen LogP contribution in [0.4, 0.5) is 4.79 Å². The highest BCUT2D eigenvalue weighted by atomic mass is 16.5. The minimum absolute atomic E-state index is 0.112. The van der Waals surface area contributed by atoms with E-state index in [4.69, 9.17) is 4.52 Å². The van der Waals surface area contributed by atoms with Gasteiger partial charge in [0, 0.05) is 19.0 Å². The summed E-state index contributed by atoms with van der Waals surface area (Å²) >= 11 is 0. The smallest absolute Gasteiger partial charge is 0.318 e. The Bertz CT molecular complexity index is 616. The first-order chi connectivity index (χ1) is 10.6. The second kappa shape index (κ2) is 6.12. The van der Waals surface area contributed by atoms with Gasteiger partial charge in [0.1, 0.15) is 18.2 Å². The number of carbonyl (C=O) groups is 1. The molecule has 1 unspecified atom stereocenters. The third-order valence-electron chi connectivity index (χ3n) is 3.86. The van der Waals surface area contributed by atoms with Crippen molar-refractivity contribution in [3.63, 3.8) is 0 Å². The number of urea groups is 1. The lowest BCUT2D eigenvalue weighted by atomic mass is 9.96. The minimum atomic E-state index is -0.305. The monoisotopic (exact) mass is 305 g/mol. The number of nitrogens with zero attached hydrogens (tertiary/aromatic N) is 5. The van der Waals surface area contributed by atoms with Crippen LogP contribution in [-0.2, 0) is 0 Å². The van der Waals surface area contributed by atoms with E-state index in [2.05, 4.69) is 30.6 Å². The summed E-state index contributed by atoms with van der Waals surface area (Å²) in [4.78, 5) is 22.4. The van der Waals surface area contributed by atoms with E-state index in [-0.39, 0.29) is 12.1 Å². The maximum absolute atomic E-state index is 12.3. The number of nitrogens with one attached hydrogen (secondary N) is 2. The summed E-state index contributed by atoms with van der Waals surface area (Å²) in [5, 5.41) is 13.4. The highest BCUT2D eigenvalue weighted by molar-refractivity contribution is 5.74. The van der Waals surface area contributed by atoms with Crippen molar-refractivity contribution >= 4 is 6.03 Å². The maximum Gasteiger partial charge on any atom is 0.318 e. The van der Waals surface area contributed by atoms with Crippen molar-refractivity contribution < 1.29 is 9.32 Å². The second-order valence-electron chi connectivity index (χ2n) is 5.48. The first kappa shape index (κ1) is 14.5. The van der Waals surface area contributed by atoms with Crippen LogP contribution in [0, 0.1) is 6.92 Å². The molecular formula is C13H19N7O2. The van der Waals surface area contributed by atoms with Gasteiger partial charge in [0.2, 0.25) is 5.89 Å². The Kier molecular flexibility index (Phi) is 4.03. The normalized spacial score (nSPS) is 17.5. The molecule has 118 valence electrons. The summed E-state index contributed by atoms with van der Waals surface area (Å²) in [6.07, 6.45) is 3.26. The number of carbonyl (C=O) groups excluding carboxylic acids is 1. The van der Waals surface area contributed by atoms with Crippen LogP contribution >= 0.6 is 0 Å². The average Bonchev–Trinajstić information content (AvgIpc) is 3.18. The van der Waals surface area contributed by atoms with Crippen LogP contribution < -0.4 is 5.32 Å². The van der Waals surface area contributed by atoms with Gasteiger partial charge in [-0.2, -0.15) is 10.1 Å². The number of piperidine rings is 1. The van der Waals surface area contributed by atoms with Gasteiger partial charge in [-0.1, -0.05) is 5.16 Å². The number of hydrogen-bond donors (Lipinski definition) is 2. The van der Waals surface area contributed by atoms with E-state index in [0.29, 0.717) is 30.7 Å². The van der Waals surface area contributed by atoms with Gasteiger partial charge in [-0.05, 0) is 26.7 Å². The van der Waals surface area contributed by atoms with Crippen molar-refractivity contribution in [3.05, 3.63) is 23.9 Å². The number of rotatable bonds is 3. The molecule has 0 saturated carbocycles. The van der Waals surface area contributed by atoms with Crippen LogP contribution in [0.25, 0.3) is 0 Å². The van der Waals surface area contributed by atoms with E-state index in [1.165, 1.54) is 6.33 Å². The predicted octanol–water partition coefficient (Wildman–Crippen LogP) is 1.15. The Morgan fingerprint density at radius 2 is 2.27 bits per heavy atom. The van der Waals surface area contributed by atoms with Crippen LogP contribution in [0.1, 0.15) is 49.3 Å². The van der Waals surface area contributed by atoms with Gasteiger partial charge in [-0.3, -0.25) is 5.10 Å². The molecule has 2 amide bonds. The van der Waals surface area contributed by atoms with E-state index >= 15 is 0 Å². The molecule has 0 radical (unpaired) electrons. The molecule has 1 aliphatic rings. The van der Waals surface area contributed by atoms with Crippen molar-refractivity contribution in [1.29, 1.82) is 0 Å². The molecule has 1 saturated heterocycles. The average molecular weight is 305 g/mol. The molecule has 0 aromatic carbocycles. The first-order valence-corrected chi connectivity index (χ1v) is 7.34. The highest BCUT2D eigenvalue weighted by Crippen LogP contribution is 2.25. The van der Waals surface area contributed by atoms with E-state index < -0.39 is 0 Å². The Morgan fingerprint density at radius 1 is 1.50 bits per heavy atom. The number of aromatic amines is 1. The summed E-state index contributed by atoms with van der Waals surface area (Å²) in [5.74, 6) is 2.21. The van der Waals surface area contributed by atoms with Gasteiger partial charge in [0.15, 0.2) is 5.82 Å². The number of amides is 2. The van der Waals surface area contributed by atoms with Crippen LogP contribution in [0.5, 0.6) is 0 Å². The molecule has 1 fully saturated rings. The van der Waals surface area contributed by atoms with Gasteiger partial charge in [0.25, 0.3) is 0 Å².